The van der Waals surface area contributed by atoms with E-state index >= 15 is 0 Å². The maximum Gasteiger partial charge on any atom is 0.0435 e. The fourth-order valence-electron chi connectivity index (χ4n) is 1.05. The Labute approximate surface area is 89.2 Å². The first-order chi connectivity index (χ1) is 6.24. The van der Waals surface area contributed by atoms with Crippen LogP contribution < -0.4 is 0 Å². The predicted molar refractivity (Wildman–Crippen MR) is 60.6 cm³/mol. The SMILES string of the molecule is Cc1cc(C=CCCCl)ccc1Cl. The van der Waals surface area contributed by atoms with Crippen molar-refractivity contribution in [3.05, 3.63) is 40.4 Å². The van der Waals surface area contributed by atoms with Crippen LogP contribution in [-0.4, -0.2) is 5.88 Å². The molecule has 0 aliphatic rings. The fraction of sp³-hybridized carbons (Fsp3) is 0.273. The molecule has 0 bridgehead atoms. The second kappa shape index (κ2) is 5.31. The molecule has 0 aromatic heterocycles. The smallest absolute Gasteiger partial charge is 0.0435 e. The monoisotopic (exact) mass is 214 g/mol. The lowest BCUT2D eigenvalue weighted by molar-refractivity contribution is 1.24. The van der Waals surface area contributed by atoms with E-state index in [4.69, 9.17) is 23.2 Å². The van der Waals surface area contributed by atoms with E-state index in [0.29, 0.717) is 5.88 Å². The zero-order chi connectivity index (χ0) is 9.68. The highest BCUT2D eigenvalue weighted by atomic mass is 35.5. The average Bonchev–Trinajstić information content (AvgIpc) is 2.12. The minimum absolute atomic E-state index is 0.670. The van der Waals surface area contributed by atoms with Crippen molar-refractivity contribution >= 4 is 29.3 Å². The summed E-state index contributed by atoms with van der Waals surface area (Å²) in [5.41, 5.74) is 2.28. The molecule has 0 amide bonds. The summed E-state index contributed by atoms with van der Waals surface area (Å²) in [6, 6.07) is 5.98. The van der Waals surface area contributed by atoms with Crippen LogP contribution in [0.5, 0.6) is 0 Å². The first kappa shape index (κ1) is 10.6. The summed E-state index contributed by atoms with van der Waals surface area (Å²) in [6.45, 7) is 2.00. The highest BCUT2D eigenvalue weighted by Gasteiger charge is 1.93. The second-order valence-electron chi connectivity index (χ2n) is 2.89. The molecule has 0 saturated heterocycles. The minimum atomic E-state index is 0.670. The van der Waals surface area contributed by atoms with Crippen LogP contribution in [0.2, 0.25) is 5.02 Å². The van der Waals surface area contributed by atoms with Crippen LogP contribution in [0.25, 0.3) is 6.08 Å². The molecule has 0 spiro atoms. The molecule has 0 aliphatic carbocycles. The van der Waals surface area contributed by atoms with E-state index in [9.17, 15) is 0 Å². The summed E-state index contributed by atoms with van der Waals surface area (Å²) in [5, 5.41) is 0.814. The summed E-state index contributed by atoms with van der Waals surface area (Å²) in [6.07, 6.45) is 5.03. The molecule has 0 aliphatic heterocycles. The van der Waals surface area contributed by atoms with Gasteiger partial charge in [0.1, 0.15) is 0 Å². The molecule has 0 heterocycles. The van der Waals surface area contributed by atoms with Gasteiger partial charge in [0, 0.05) is 10.9 Å². The second-order valence-corrected chi connectivity index (χ2v) is 3.67. The van der Waals surface area contributed by atoms with Crippen molar-refractivity contribution in [3.63, 3.8) is 0 Å². The minimum Gasteiger partial charge on any atom is -0.126 e. The maximum absolute atomic E-state index is 5.90. The number of allylic oxidation sites excluding steroid dienone is 1. The number of rotatable bonds is 3. The van der Waals surface area contributed by atoms with E-state index in [0.717, 1.165) is 17.0 Å². The largest absolute Gasteiger partial charge is 0.126 e. The fourth-order valence-corrected chi connectivity index (χ4v) is 1.30. The Morgan fingerprint density at radius 2 is 2.15 bits per heavy atom. The van der Waals surface area contributed by atoms with E-state index in [1.165, 1.54) is 5.56 Å². The molecule has 70 valence electrons. The van der Waals surface area contributed by atoms with E-state index in [2.05, 4.69) is 18.2 Å². The molecule has 0 atom stereocenters. The summed E-state index contributed by atoms with van der Waals surface area (Å²) >= 11 is 11.4. The van der Waals surface area contributed by atoms with E-state index < -0.39 is 0 Å². The van der Waals surface area contributed by atoms with Gasteiger partial charge in [0.15, 0.2) is 0 Å². The molecule has 0 nitrogen and oxygen atoms in total. The topological polar surface area (TPSA) is 0 Å². The lowest BCUT2D eigenvalue weighted by Crippen LogP contribution is -1.77. The molecular formula is C11H12Cl2. The number of benzene rings is 1. The molecule has 0 radical (unpaired) electrons. The van der Waals surface area contributed by atoms with Crippen LogP contribution in [-0.2, 0) is 0 Å². The Morgan fingerprint density at radius 1 is 1.38 bits per heavy atom. The summed E-state index contributed by atoms with van der Waals surface area (Å²) < 4.78 is 0. The van der Waals surface area contributed by atoms with Gasteiger partial charge in [-0.25, -0.2) is 0 Å². The number of halogens is 2. The quantitative estimate of drug-likeness (QED) is 0.659. The molecule has 2 heteroatoms. The van der Waals surface area contributed by atoms with Gasteiger partial charge in [-0.1, -0.05) is 35.9 Å². The molecule has 1 aromatic carbocycles. The van der Waals surface area contributed by atoms with E-state index in [1.807, 2.05) is 19.1 Å². The van der Waals surface area contributed by atoms with Crippen LogP contribution in [0, 0.1) is 6.92 Å². The van der Waals surface area contributed by atoms with Crippen molar-refractivity contribution in [2.75, 3.05) is 5.88 Å². The Hall–Kier alpha value is -0.460. The van der Waals surface area contributed by atoms with Gasteiger partial charge in [-0.05, 0) is 30.5 Å². The maximum atomic E-state index is 5.90. The zero-order valence-corrected chi connectivity index (χ0v) is 9.07. The zero-order valence-electron chi connectivity index (χ0n) is 7.56. The summed E-state index contributed by atoms with van der Waals surface area (Å²) in [7, 11) is 0. The Kier molecular flexibility index (Phi) is 4.34. The summed E-state index contributed by atoms with van der Waals surface area (Å²) in [4.78, 5) is 0. The molecule has 0 N–H and O–H groups in total. The van der Waals surface area contributed by atoms with Gasteiger partial charge in [-0.3, -0.25) is 0 Å². The first-order valence-corrected chi connectivity index (χ1v) is 5.14. The number of hydrogen-bond acceptors (Lipinski definition) is 0. The molecule has 0 fully saturated rings. The van der Waals surface area contributed by atoms with Crippen molar-refractivity contribution in [1.82, 2.24) is 0 Å². The number of alkyl halides is 1. The van der Waals surface area contributed by atoms with E-state index in [-0.39, 0.29) is 0 Å². The Morgan fingerprint density at radius 3 is 2.77 bits per heavy atom. The van der Waals surface area contributed by atoms with Gasteiger partial charge < -0.3 is 0 Å². The van der Waals surface area contributed by atoms with Crippen molar-refractivity contribution < 1.29 is 0 Å². The Balaban J connectivity index is 2.73. The lowest BCUT2D eigenvalue weighted by atomic mass is 10.1. The molecule has 13 heavy (non-hydrogen) atoms. The van der Waals surface area contributed by atoms with E-state index in [1.54, 1.807) is 0 Å². The molecular weight excluding hydrogens is 203 g/mol. The highest BCUT2D eigenvalue weighted by Crippen LogP contribution is 2.17. The highest BCUT2D eigenvalue weighted by molar-refractivity contribution is 6.31. The lowest BCUT2D eigenvalue weighted by Gasteiger charge is -1.98. The van der Waals surface area contributed by atoms with Gasteiger partial charge in [0.25, 0.3) is 0 Å². The predicted octanol–water partition coefficient (Wildman–Crippen LogP) is 4.29. The van der Waals surface area contributed by atoms with Crippen LogP contribution in [0.4, 0.5) is 0 Å². The molecule has 0 saturated carbocycles. The summed E-state index contributed by atoms with van der Waals surface area (Å²) in [5.74, 6) is 0.670. The first-order valence-electron chi connectivity index (χ1n) is 4.22. The van der Waals surface area contributed by atoms with Gasteiger partial charge in [0.2, 0.25) is 0 Å². The average molecular weight is 215 g/mol. The van der Waals surface area contributed by atoms with Crippen molar-refractivity contribution in [1.29, 1.82) is 0 Å². The third kappa shape index (κ3) is 3.41. The van der Waals surface area contributed by atoms with Crippen molar-refractivity contribution in [2.24, 2.45) is 0 Å². The van der Waals surface area contributed by atoms with Crippen LogP contribution in [0.3, 0.4) is 0 Å². The number of hydrogen-bond donors (Lipinski definition) is 0. The Bertz CT molecular complexity index is 303. The van der Waals surface area contributed by atoms with Crippen LogP contribution >= 0.6 is 23.2 Å². The van der Waals surface area contributed by atoms with Crippen LogP contribution in [0.1, 0.15) is 17.5 Å². The molecule has 1 rings (SSSR count). The standard InChI is InChI=1S/C11H12Cl2/c1-9-8-10(4-2-3-7-12)5-6-11(9)13/h2,4-6,8H,3,7H2,1H3. The van der Waals surface area contributed by atoms with Crippen molar-refractivity contribution in [2.45, 2.75) is 13.3 Å². The third-order valence-electron chi connectivity index (χ3n) is 1.77. The van der Waals surface area contributed by atoms with Gasteiger partial charge in [0.05, 0.1) is 0 Å². The third-order valence-corrected chi connectivity index (χ3v) is 2.41. The van der Waals surface area contributed by atoms with Gasteiger partial charge in [-0.15, -0.1) is 11.6 Å². The van der Waals surface area contributed by atoms with Crippen molar-refractivity contribution in [3.8, 4) is 0 Å². The van der Waals surface area contributed by atoms with Crippen LogP contribution in [0.15, 0.2) is 24.3 Å². The molecule has 1 aromatic rings. The van der Waals surface area contributed by atoms with Gasteiger partial charge >= 0.3 is 0 Å². The normalized spacial score (nSPS) is 11.0. The van der Waals surface area contributed by atoms with Gasteiger partial charge in [-0.2, -0.15) is 0 Å². The number of aryl methyl sites for hydroxylation is 1. The molecule has 0 unspecified atom stereocenters.